The Morgan fingerprint density at radius 3 is 2.67 bits per heavy atom. The first kappa shape index (κ1) is 15.9. The number of rotatable bonds is 7. The van der Waals surface area contributed by atoms with Crippen molar-refractivity contribution in [1.29, 1.82) is 0 Å². The van der Waals surface area contributed by atoms with Crippen LogP contribution in [-0.4, -0.2) is 30.0 Å². The Morgan fingerprint density at radius 2 is 2.10 bits per heavy atom. The number of amides is 1. The van der Waals surface area contributed by atoms with Crippen molar-refractivity contribution in [3.05, 3.63) is 10.6 Å². The zero-order valence-corrected chi connectivity index (χ0v) is 13.7. The number of carbonyl (C=O) groups is 2. The van der Waals surface area contributed by atoms with Gasteiger partial charge in [-0.2, -0.15) is 0 Å². The molecule has 1 aliphatic rings. The third-order valence-electron chi connectivity index (χ3n) is 3.40. The van der Waals surface area contributed by atoms with Gasteiger partial charge in [-0.3, -0.25) is 9.69 Å². The Balaban J connectivity index is 2.21. The third kappa shape index (κ3) is 3.81. The largest absolute Gasteiger partial charge is 0.462 e. The molecule has 0 aromatic carbocycles. The van der Waals surface area contributed by atoms with Gasteiger partial charge in [-0.05, 0) is 33.1 Å². The summed E-state index contributed by atoms with van der Waals surface area (Å²) in [5, 5.41) is 0.626. The van der Waals surface area contributed by atoms with E-state index >= 15 is 0 Å². The van der Waals surface area contributed by atoms with Crippen LogP contribution >= 0.6 is 11.3 Å². The summed E-state index contributed by atoms with van der Waals surface area (Å²) in [4.78, 5) is 31.0. The van der Waals surface area contributed by atoms with Gasteiger partial charge in [-0.1, -0.05) is 24.7 Å². The number of carbonyl (C=O) groups excluding carboxylic acids is 2. The van der Waals surface area contributed by atoms with E-state index in [9.17, 15) is 9.59 Å². The molecule has 0 atom stereocenters. The molecule has 0 saturated heterocycles. The van der Waals surface area contributed by atoms with E-state index in [-0.39, 0.29) is 17.8 Å². The van der Waals surface area contributed by atoms with Gasteiger partial charge in [0.25, 0.3) is 0 Å². The van der Waals surface area contributed by atoms with Crippen LogP contribution < -0.4 is 4.90 Å². The first-order chi connectivity index (χ1) is 10.1. The molecule has 1 aliphatic carbocycles. The standard InChI is InChI=1S/C15H22N2O3S/c1-4-6-9-17(13(18)11-7-8-11)15-16-10(3)12(21-15)14(19)20-5-2/h11H,4-9H2,1-3H3. The normalized spacial score (nSPS) is 14.0. The molecule has 2 rings (SSSR count). The van der Waals surface area contributed by atoms with Crippen molar-refractivity contribution >= 4 is 28.3 Å². The number of aryl methyl sites for hydroxylation is 1. The van der Waals surface area contributed by atoms with E-state index in [1.54, 1.807) is 18.7 Å². The molecule has 6 heteroatoms. The SMILES string of the molecule is CCCCN(C(=O)C1CC1)c1nc(C)c(C(=O)OCC)s1. The monoisotopic (exact) mass is 310 g/mol. The minimum absolute atomic E-state index is 0.146. The van der Waals surface area contributed by atoms with Crippen molar-refractivity contribution in [3.63, 3.8) is 0 Å². The van der Waals surface area contributed by atoms with Crippen molar-refractivity contribution in [2.45, 2.75) is 46.5 Å². The summed E-state index contributed by atoms with van der Waals surface area (Å²) in [6.07, 6.45) is 3.89. The van der Waals surface area contributed by atoms with Gasteiger partial charge < -0.3 is 4.74 Å². The maximum Gasteiger partial charge on any atom is 0.350 e. The molecule has 0 N–H and O–H groups in total. The molecule has 21 heavy (non-hydrogen) atoms. The van der Waals surface area contributed by atoms with Gasteiger partial charge in [0.15, 0.2) is 5.13 Å². The fraction of sp³-hybridized carbons (Fsp3) is 0.667. The van der Waals surface area contributed by atoms with Crippen molar-refractivity contribution in [1.82, 2.24) is 4.98 Å². The summed E-state index contributed by atoms with van der Waals surface area (Å²) in [7, 11) is 0. The Labute approximate surface area is 129 Å². The first-order valence-corrected chi connectivity index (χ1v) is 8.36. The molecule has 5 nitrogen and oxygen atoms in total. The summed E-state index contributed by atoms with van der Waals surface area (Å²) < 4.78 is 5.03. The van der Waals surface area contributed by atoms with E-state index in [0.717, 1.165) is 25.7 Å². The molecular weight excluding hydrogens is 288 g/mol. The van der Waals surface area contributed by atoms with Crippen LogP contribution in [0.25, 0.3) is 0 Å². The Kier molecular flexibility index (Phi) is 5.33. The van der Waals surface area contributed by atoms with Crippen LogP contribution in [0.2, 0.25) is 0 Å². The van der Waals surface area contributed by atoms with E-state index in [2.05, 4.69) is 11.9 Å². The van der Waals surface area contributed by atoms with Crippen LogP contribution in [0, 0.1) is 12.8 Å². The lowest BCUT2D eigenvalue weighted by Crippen LogP contribution is -2.33. The minimum Gasteiger partial charge on any atom is -0.462 e. The number of nitrogens with zero attached hydrogens (tertiary/aromatic N) is 2. The van der Waals surface area contributed by atoms with E-state index < -0.39 is 0 Å². The summed E-state index contributed by atoms with van der Waals surface area (Å²) in [5.41, 5.74) is 0.638. The average Bonchev–Trinajstić information content (AvgIpc) is 3.23. The fourth-order valence-electron chi connectivity index (χ4n) is 2.05. The lowest BCUT2D eigenvalue weighted by atomic mass is 10.3. The molecule has 1 saturated carbocycles. The Bertz CT molecular complexity index is 523. The second kappa shape index (κ2) is 7.02. The number of esters is 1. The molecule has 0 aliphatic heterocycles. The van der Waals surface area contributed by atoms with Gasteiger partial charge in [0.1, 0.15) is 4.88 Å². The molecule has 1 amide bonds. The molecule has 0 bridgehead atoms. The van der Waals surface area contributed by atoms with Gasteiger partial charge in [0.05, 0.1) is 12.3 Å². The number of ether oxygens (including phenoxy) is 1. The topological polar surface area (TPSA) is 59.5 Å². The van der Waals surface area contributed by atoms with E-state index in [1.807, 2.05) is 0 Å². The van der Waals surface area contributed by atoms with Crippen LogP contribution in [0.15, 0.2) is 0 Å². The van der Waals surface area contributed by atoms with Crippen LogP contribution in [0.5, 0.6) is 0 Å². The summed E-state index contributed by atoms with van der Waals surface area (Å²) in [6, 6.07) is 0. The molecule has 0 radical (unpaired) electrons. The molecule has 1 aromatic heterocycles. The minimum atomic E-state index is -0.354. The average molecular weight is 310 g/mol. The first-order valence-electron chi connectivity index (χ1n) is 7.54. The molecule has 1 aromatic rings. The fourth-order valence-corrected chi connectivity index (χ4v) is 3.04. The second-order valence-electron chi connectivity index (χ2n) is 5.25. The van der Waals surface area contributed by atoms with Crippen molar-refractivity contribution in [2.24, 2.45) is 5.92 Å². The molecule has 116 valence electrons. The Morgan fingerprint density at radius 1 is 1.38 bits per heavy atom. The van der Waals surface area contributed by atoms with Crippen LogP contribution in [0.1, 0.15) is 54.9 Å². The molecule has 1 heterocycles. The number of hydrogen-bond donors (Lipinski definition) is 0. The maximum atomic E-state index is 12.4. The molecular formula is C15H22N2O3S. The van der Waals surface area contributed by atoms with Gasteiger partial charge in [-0.15, -0.1) is 0 Å². The van der Waals surface area contributed by atoms with Crippen LogP contribution in [-0.2, 0) is 9.53 Å². The highest BCUT2D eigenvalue weighted by Crippen LogP contribution is 2.35. The highest BCUT2D eigenvalue weighted by Gasteiger charge is 2.35. The van der Waals surface area contributed by atoms with Gasteiger partial charge in [0, 0.05) is 12.5 Å². The maximum absolute atomic E-state index is 12.4. The third-order valence-corrected chi connectivity index (χ3v) is 4.57. The van der Waals surface area contributed by atoms with E-state index in [1.165, 1.54) is 11.3 Å². The van der Waals surface area contributed by atoms with Crippen molar-refractivity contribution < 1.29 is 14.3 Å². The summed E-state index contributed by atoms with van der Waals surface area (Å²) in [6.45, 7) is 6.66. The lowest BCUT2D eigenvalue weighted by Gasteiger charge is -2.19. The highest BCUT2D eigenvalue weighted by molar-refractivity contribution is 7.17. The number of thiazole rings is 1. The number of aromatic nitrogens is 1. The molecule has 0 unspecified atom stereocenters. The van der Waals surface area contributed by atoms with Crippen LogP contribution in [0.3, 0.4) is 0 Å². The van der Waals surface area contributed by atoms with Gasteiger partial charge >= 0.3 is 5.97 Å². The highest BCUT2D eigenvalue weighted by atomic mass is 32.1. The predicted octanol–water partition coefficient (Wildman–Crippen LogP) is 3.17. The van der Waals surface area contributed by atoms with E-state index in [4.69, 9.17) is 4.74 Å². The zero-order chi connectivity index (χ0) is 15.4. The van der Waals surface area contributed by atoms with Crippen molar-refractivity contribution in [3.8, 4) is 0 Å². The molecule has 1 fully saturated rings. The predicted molar refractivity (Wildman–Crippen MR) is 82.8 cm³/mol. The lowest BCUT2D eigenvalue weighted by molar-refractivity contribution is -0.119. The smallest absolute Gasteiger partial charge is 0.350 e. The number of anilines is 1. The second-order valence-corrected chi connectivity index (χ2v) is 6.23. The Hall–Kier alpha value is -1.43. The number of unbranched alkanes of at least 4 members (excludes halogenated alkanes) is 1. The summed E-state index contributed by atoms with van der Waals surface area (Å²) in [5.74, 6) is -0.0576. The summed E-state index contributed by atoms with van der Waals surface area (Å²) >= 11 is 1.26. The van der Waals surface area contributed by atoms with E-state index in [0.29, 0.717) is 28.9 Å². The molecule has 0 spiro atoms. The zero-order valence-electron chi connectivity index (χ0n) is 12.8. The van der Waals surface area contributed by atoms with Crippen molar-refractivity contribution in [2.75, 3.05) is 18.1 Å². The van der Waals surface area contributed by atoms with Crippen LogP contribution in [0.4, 0.5) is 5.13 Å². The number of hydrogen-bond acceptors (Lipinski definition) is 5. The van der Waals surface area contributed by atoms with Gasteiger partial charge in [-0.25, -0.2) is 9.78 Å². The van der Waals surface area contributed by atoms with Gasteiger partial charge in [0.2, 0.25) is 5.91 Å². The quantitative estimate of drug-likeness (QED) is 0.726.